The second kappa shape index (κ2) is 9.98. The van der Waals surface area contributed by atoms with Gasteiger partial charge in [0.1, 0.15) is 17.5 Å². The van der Waals surface area contributed by atoms with E-state index in [9.17, 15) is 9.59 Å². The fraction of sp³-hybridized carbons (Fsp3) is 0.273. The fourth-order valence-corrected chi connectivity index (χ4v) is 3.33. The highest BCUT2D eigenvalue weighted by Gasteiger charge is 2.25. The molecular weight excluding hydrogens is 400 g/mol. The lowest BCUT2D eigenvalue weighted by molar-refractivity contribution is -0.118. The molecule has 156 valence electrons. The number of carbonyl (C=O) groups excluding carboxylic acids is 2. The highest BCUT2D eigenvalue weighted by atomic mass is 32.1. The normalized spacial score (nSPS) is 11.7. The van der Waals surface area contributed by atoms with Crippen molar-refractivity contribution in [1.82, 2.24) is 14.9 Å². The van der Waals surface area contributed by atoms with Crippen LogP contribution in [0.4, 0.5) is 5.69 Å². The Labute approximate surface area is 179 Å². The van der Waals surface area contributed by atoms with Crippen molar-refractivity contribution in [2.75, 3.05) is 11.9 Å². The molecule has 0 saturated carbocycles. The van der Waals surface area contributed by atoms with E-state index in [4.69, 9.17) is 4.74 Å². The molecule has 1 heterocycles. The first-order valence-corrected chi connectivity index (χ1v) is 10.5. The summed E-state index contributed by atoms with van der Waals surface area (Å²) in [6, 6.07) is 13.5. The van der Waals surface area contributed by atoms with Gasteiger partial charge in [0.05, 0.1) is 6.61 Å². The van der Waals surface area contributed by atoms with Crippen LogP contribution < -0.4 is 15.4 Å². The van der Waals surface area contributed by atoms with Gasteiger partial charge in [0.15, 0.2) is 0 Å². The van der Waals surface area contributed by atoms with E-state index in [0.29, 0.717) is 23.6 Å². The van der Waals surface area contributed by atoms with Crippen LogP contribution in [-0.2, 0) is 4.79 Å². The van der Waals surface area contributed by atoms with Gasteiger partial charge in [-0.3, -0.25) is 9.59 Å². The molecule has 2 aromatic carbocycles. The Morgan fingerprint density at radius 3 is 2.33 bits per heavy atom. The van der Waals surface area contributed by atoms with Gasteiger partial charge in [0, 0.05) is 22.2 Å². The van der Waals surface area contributed by atoms with Gasteiger partial charge in [-0.25, -0.2) is 0 Å². The molecule has 2 amide bonds. The van der Waals surface area contributed by atoms with E-state index in [1.54, 1.807) is 36.4 Å². The van der Waals surface area contributed by atoms with Crippen LogP contribution in [-0.4, -0.2) is 34.1 Å². The SMILES string of the molecule is CCOc1ccc(C(=O)NC(C(=O)Nc2ccc(-c3csnn3)cc2)C(C)C)cc1. The Hall–Kier alpha value is -3.26. The van der Waals surface area contributed by atoms with Gasteiger partial charge >= 0.3 is 0 Å². The molecule has 1 atom stereocenters. The van der Waals surface area contributed by atoms with E-state index in [1.165, 1.54) is 11.5 Å². The number of amides is 2. The van der Waals surface area contributed by atoms with E-state index < -0.39 is 6.04 Å². The summed E-state index contributed by atoms with van der Waals surface area (Å²) in [5.74, 6) is 0.0340. The third-order valence-corrected chi connectivity index (χ3v) is 4.98. The number of carbonyl (C=O) groups is 2. The van der Waals surface area contributed by atoms with Gasteiger partial charge in [-0.2, -0.15) is 0 Å². The molecular formula is C22H24N4O3S. The number of ether oxygens (including phenoxy) is 1. The fourth-order valence-electron chi connectivity index (χ4n) is 2.86. The third kappa shape index (κ3) is 5.42. The van der Waals surface area contributed by atoms with Crippen molar-refractivity contribution >= 4 is 29.0 Å². The van der Waals surface area contributed by atoms with Crippen LogP contribution in [0.3, 0.4) is 0 Å². The zero-order valence-electron chi connectivity index (χ0n) is 17.1. The van der Waals surface area contributed by atoms with E-state index in [-0.39, 0.29) is 17.7 Å². The maximum atomic E-state index is 12.8. The predicted molar refractivity (Wildman–Crippen MR) is 118 cm³/mol. The highest BCUT2D eigenvalue weighted by molar-refractivity contribution is 7.03. The summed E-state index contributed by atoms with van der Waals surface area (Å²) >= 11 is 1.29. The molecule has 1 unspecified atom stereocenters. The minimum Gasteiger partial charge on any atom is -0.494 e. The van der Waals surface area contributed by atoms with Crippen LogP contribution in [0.25, 0.3) is 11.3 Å². The third-order valence-electron chi connectivity index (χ3n) is 4.47. The number of hydrogen-bond acceptors (Lipinski definition) is 6. The summed E-state index contributed by atoms with van der Waals surface area (Å²) in [7, 11) is 0. The quantitative estimate of drug-likeness (QED) is 0.570. The molecule has 1 aromatic heterocycles. The van der Waals surface area contributed by atoms with Crippen molar-refractivity contribution in [1.29, 1.82) is 0 Å². The van der Waals surface area contributed by atoms with Crippen molar-refractivity contribution < 1.29 is 14.3 Å². The minimum absolute atomic E-state index is 0.0861. The number of aromatic nitrogens is 2. The van der Waals surface area contributed by atoms with Crippen molar-refractivity contribution in [3.8, 4) is 17.0 Å². The number of anilines is 1. The van der Waals surface area contributed by atoms with Crippen LogP contribution >= 0.6 is 11.5 Å². The summed E-state index contributed by atoms with van der Waals surface area (Å²) < 4.78 is 9.25. The van der Waals surface area contributed by atoms with E-state index >= 15 is 0 Å². The number of hydrogen-bond donors (Lipinski definition) is 2. The highest BCUT2D eigenvalue weighted by Crippen LogP contribution is 2.20. The van der Waals surface area contributed by atoms with Crippen LogP contribution in [0, 0.1) is 5.92 Å². The summed E-state index contributed by atoms with van der Waals surface area (Å²) in [6.07, 6.45) is 0. The van der Waals surface area contributed by atoms with Crippen LogP contribution in [0.5, 0.6) is 5.75 Å². The van der Waals surface area contributed by atoms with Crippen molar-refractivity contribution in [3.63, 3.8) is 0 Å². The topological polar surface area (TPSA) is 93.2 Å². The molecule has 8 heteroatoms. The Balaban J connectivity index is 1.65. The molecule has 0 aliphatic rings. The van der Waals surface area contributed by atoms with Crippen LogP contribution in [0.2, 0.25) is 0 Å². The average Bonchev–Trinajstić information content (AvgIpc) is 3.28. The Bertz CT molecular complexity index is 971. The first-order chi connectivity index (χ1) is 14.5. The molecule has 3 rings (SSSR count). The molecule has 0 aliphatic heterocycles. The van der Waals surface area contributed by atoms with Gasteiger partial charge < -0.3 is 15.4 Å². The second-order valence-corrected chi connectivity index (χ2v) is 7.62. The molecule has 7 nitrogen and oxygen atoms in total. The maximum Gasteiger partial charge on any atom is 0.251 e. The lowest BCUT2D eigenvalue weighted by Crippen LogP contribution is -2.47. The summed E-state index contributed by atoms with van der Waals surface area (Å²) in [5.41, 5.74) is 2.83. The van der Waals surface area contributed by atoms with E-state index in [2.05, 4.69) is 20.2 Å². The van der Waals surface area contributed by atoms with Gasteiger partial charge in [-0.1, -0.05) is 30.5 Å². The molecule has 0 saturated heterocycles. The zero-order chi connectivity index (χ0) is 21.5. The number of benzene rings is 2. The van der Waals surface area contributed by atoms with E-state index in [1.807, 2.05) is 38.3 Å². The second-order valence-electron chi connectivity index (χ2n) is 7.01. The largest absolute Gasteiger partial charge is 0.494 e. The smallest absolute Gasteiger partial charge is 0.251 e. The maximum absolute atomic E-state index is 12.8. The predicted octanol–water partition coefficient (Wildman–Crippen LogP) is 4.00. The first-order valence-electron chi connectivity index (χ1n) is 9.70. The molecule has 0 spiro atoms. The van der Waals surface area contributed by atoms with Crippen molar-refractivity contribution in [3.05, 3.63) is 59.5 Å². The minimum atomic E-state index is -0.675. The van der Waals surface area contributed by atoms with Gasteiger partial charge in [0.25, 0.3) is 5.91 Å². The lowest BCUT2D eigenvalue weighted by Gasteiger charge is -2.22. The first kappa shape index (κ1) is 21.4. The summed E-state index contributed by atoms with van der Waals surface area (Å²) in [5, 5.41) is 11.6. The number of nitrogens with zero attached hydrogens (tertiary/aromatic N) is 2. The van der Waals surface area contributed by atoms with E-state index in [0.717, 1.165) is 11.3 Å². The number of nitrogens with one attached hydrogen (secondary N) is 2. The van der Waals surface area contributed by atoms with Crippen molar-refractivity contribution in [2.45, 2.75) is 26.8 Å². The molecule has 0 fully saturated rings. The molecule has 30 heavy (non-hydrogen) atoms. The molecule has 3 aromatic rings. The molecule has 0 aliphatic carbocycles. The summed E-state index contributed by atoms with van der Waals surface area (Å²) in [6.45, 7) is 6.24. The Morgan fingerprint density at radius 2 is 1.77 bits per heavy atom. The van der Waals surface area contributed by atoms with Gasteiger partial charge in [-0.15, -0.1) is 5.10 Å². The molecule has 2 N–H and O–H groups in total. The Morgan fingerprint density at radius 1 is 1.07 bits per heavy atom. The average molecular weight is 425 g/mol. The van der Waals surface area contributed by atoms with Gasteiger partial charge in [0.2, 0.25) is 5.91 Å². The number of rotatable bonds is 8. The van der Waals surface area contributed by atoms with Crippen LogP contribution in [0.15, 0.2) is 53.9 Å². The lowest BCUT2D eigenvalue weighted by atomic mass is 10.0. The summed E-state index contributed by atoms with van der Waals surface area (Å²) in [4.78, 5) is 25.4. The zero-order valence-corrected chi connectivity index (χ0v) is 17.9. The van der Waals surface area contributed by atoms with Gasteiger partial charge in [-0.05, 0) is 60.8 Å². The standard InChI is InChI=1S/C22H24N4O3S/c1-4-29-18-11-7-16(8-12-18)21(27)24-20(14(2)3)22(28)23-17-9-5-15(6-10-17)19-13-30-26-25-19/h5-14,20H,4H2,1-3H3,(H,23,28)(H,24,27). The molecule has 0 bridgehead atoms. The molecule has 0 radical (unpaired) electrons. The van der Waals surface area contributed by atoms with Crippen molar-refractivity contribution in [2.24, 2.45) is 5.92 Å². The van der Waals surface area contributed by atoms with Crippen LogP contribution in [0.1, 0.15) is 31.1 Å². The Kier molecular flexibility index (Phi) is 7.13. The monoisotopic (exact) mass is 424 g/mol.